The molecule has 0 spiro atoms. The van der Waals surface area contributed by atoms with Gasteiger partial charge in [0.15, 0.2) is 0 Å². The lowest BCUT2D eigenvalue weighted by atomic mass is 9.89. The molecule has 4 nitrogen and oxygen atoms in total. The molecule has 1 heterocycles. The molecule has 0 aliphatic rings. The largest absolute Gasteiger partial charge is 0.339 e. The Balaban J connectivity index is 2.21. The fourth-order valence-corrected chi connectivity index (χ4v) is 1.63. The minimum absolute atomic E-state index is 0.0305. The number of benzene rings is 1. The number of hydrogen-bond acceptors (Lipinski definition) is 4. The lowest BCUT2D eigenvalue weighted by Crippen LogP contribution is -2.22. The van der Waals surface area contributed by atoms with Crippen LogP contribution in [0.5, 0.6) is 0 Å². The Bertz CT molecular complexity index is 642. The molecular weight excluding hydrogens is 259 g/mol. The zero-order valence-corrected chi connectivity index (χ0v) is 12.0. The van der Waals surface area contributed by atoms with E-state index in [-0.39, 0.29) is 23.9 Å². The first-order valence-corrected chi connectivity index (χ1v) is 6.40. The average Bonchev–Trinajstić information content (AvgIpc) is 2.80. The van der Waals surface area contributed by atoms with Crippen LogP contribution < -0.4 is 0 Å². The number of Topliss-reactive ketones (excluding diaryl/α,β-unsaturated/α-hetero) is 1. The second-order valence-corrected chi connectivity index (χ2v) is 5.83. The standard InChI is InChI=1S/C15H17FN2O2/c1-9-7-10(5-6-11(9)16)14-17-13(20-18-14)8-12(19)15(2,3)4/h5-7H,8H2,1-4H3. The van der Waals surface area contributed by atoms with Gasteiger partial charge in [-0.25, -0.2) is 4.39 Å². The van der Waals surface area contributed by atoms with Crippen molar-refractivity contribution in [3.05, 3.63) is 35.5 Å². The van der Waals surface area contributed by atoms with Gasteiger partial charge in [0.2, 0.25) is 11.7 Å². The summed E-state index contributed by atoms with van der Waals surface area (Å²) in [5, 5.41) is 3.83. The number of hydrogen-bond donors (Lipinski definition) is 0. The summed E-state index contributed by atoms with van der Waals surface area (Å²) in [6.07, 6.45) is 0.108. The van der Waals surface area contributed by atoms with Crippen molar-refractivity contribution < 1.29 is 13.7 Å². The molecule has 0 N–H and O–H groups in total. The van der Waals surface area contributed by atoms with Crippen LogP contribution in [0.1, 0.15) is 32.2 Å². The average molecular weight is 276 g/mol. The molecule has 5 heteroatoms. The maximum absolute atomic E-state index is 13.2. The molecule has 0 atom stereocenters. The third-order valence-corrected chi connectivity index (χ3v) is 3.03. The third kappa shape index (κ3) is 3.10. The van der Waals surface area contributed by atoms with E-state index >= 15 is 0 Å². The molecule has 2 rings (SSSR count). The van der Waals surface area contributed by atoms with E-state index in [2.05, 4.69) is 10.1 Å². The topological polar surface area (TPSA) is 56.0 Å². The van der Waals surface area contributed by atoms with Gasteiger partial charge in [-0.15, -0.1) is 0 Å². The summed E-state index contributed by atoms with van der Waals surface area (Å²) in [5.74, 6) is 0.398. The lowest BCUT2D eigenvalue weighted by molar-refractivity contribution is -0.125. The summed E-state index contributed by atoms with van der Waals surface area (Å²) in [4.78, 5) is 16.1. The Labute approximate surface area is 117 Å². The predicted molar refractivity (Wildman–Crippen MR) is 72.6 cm³/mol. The molecule has 0 fully saturated rings. The molecule has 0 saturated carbocycles. The molecule has 0 aliphatic heterocycles. The van der Waals surface area contributed by atoms with Crippen molar-refractivity contribution in [2.24, 2.45) is 5.41 Å². The fourth-order valence-electron chi connectivity index (χ4n) is 1.63. The maximum atomic E-state index is 13.2. The van der Waals surface area contributed by atoms with Crippen LogP contribution in [0, 0.1) is 18.2 Å². The Kier molecular flexibility index (Phi) is 3.70. The van der Waals surface area contributed by atoms with Crippen molar-refractivity contribution in [2.75, 3.05) is 0 Å². The second kappa shape index (κ2) is 5.15. The predicted octanol–water partition coefficient (Wildman–Crippen LogP) is 3.34. The molecule has 0 radical (unpaired) electrons. The highest BCUT2D eigenvalue weighted by molar-refractivity contribution is 5.85. The van der Waals surface area contributed by atoms with Crippen LogP contribution in [0.25, 0.3) is 11.4 Å². The molecule has 0 bridgehead atoms. The van der Waals surface area contributed by atoms with E-state index in [1.165, 1.54) is 6.07 Å². The Hall–Kier alpha value is -2.04. The van der Waals surface area contributed by atoms with Gasteiger partial charge in [-0.3, -0.25) is 4.79 Å². The Morgan fingerprint density at radius 2 is 2.05 bits per heavy atom. The number of carbonyl (C=O) groups excluding carboxylic acids is 1. The maximum Gasteiger partial charge on any atom is 0.234 e. The molecule has 20 heavy (non-hydrogen) atoms. The van der Waals surface area contributed by atoms with Gasteiger partial charge in [0.1, 0.15) is 11.6 Å². The summed E-state index contributed by atoms with van der Waals surface area (Å²) < 4.78 is 18.3. The Morgan fingerprint density at radius 3 is 2.65 bits per heavy atom. The van der Waals surface area contributed by atoms with Crippen LogP contribution in [0.15, 0.2) is 22.7 Å². The highest BCUT2D eigenvalue weighted by atomic mass is 19.1. The molecule has 0 amide bonds. The van der Waals surface area contributed by atoms with Crippen LogP contribution >= 0.6 is 0 Å². The number of nitrogens with zero attached hydrogens (tertiary/aromatic N) is 2. The molecule has 1 aromatic carbocycles. The first-order chi connectivity index (χ1) is 9.27. The van der Waals surface area contributed by atoms with Gasteiger partial charge in [-0.1, -0.05) is 25.9 Å². The van der Waals surface area contributed by atoms with Crippen LogP contribution in [0.3, 0.4) is 0 Å². The summed E-state index contributed by atoms with van der Waals surface area (Å²) in [7, 11) is 0. The fraction of sp³-hybridized carbons (Fsp3) is 0.400. The smallest absolute Gasteiger partial charge is 0.234 e. The van der Waals surface area contributed by atoms with Crippen molar-refractivity contribution in [1.29, 1.82) is 0 Å². The van der Waals surface area contributed by atoms with Gasteiger partial charge in [-0.05, 0) is 30.7 Å². The van der Waals surface area contributed by atoms with Crippen LogP contribution in [-0.4, -0.2) is 15.9 Å². The highest BCUT2D eigenvalue weighted by Crippen LogP contribution is 2.21. The second-order valence-electron chi connectivity index (χ2n) is 5.83. The van der Waals surface area contributed by atoms with Crippen LogP contribution in [-0.2, 0) is 11.2 Å². The van der Waals surface area contributed by atoms with E-state index < -0.39 is 5.41 Å². The van der Waals surface area contributed by atoms with Gasteiger partial charge < -0.3 is 4.52 Å². The minimum Gasteiger partial charge on any atom is -0.339 e. The van der Waals surface area contributed by atoms with Gasteiger partial charge in [0, 0.05) is 11.0 Å². The van der Waals surface area contributed by atoms with Crippen LogP contribution in [0.4, 0.5) is 4.39 Å². The van der Waals surface area contributed by atoms with Gasteiger partial charge in [0.05, 0.1) is 6.42 Å². The zero-order chi connectivity index (χ0) is 14.9. The number of aryl methyl sites for hydroxylation is 1. The number of aromatic nitrogens is 2. The highest BCUT2D eigenvalue weighted by Gasteiger charge is 2.23. The summed E-state index contributed by atoms with van der Waals surface area (Å²) >= 11 is 0. The SMILES string of the molecule is Cc1cc(-c2noc(CC(=O)C(C)(C)C)n2)ccc1F. The van der Waals surface area contributed by atoms with E-state index in [1.54, 1.807) is 19.1 Å². The molecule has 106 valence electrons. The zero-order valence-electron chi connectivity index (χ0n) is 12.0. The first-order valence-electron chi connectivity index (χ1n) is 6.40. The van der Waals surface area contributed by atoms with Crippen molar-refractivity contribution in [3.63, 3.8) is 0 Å². The van der Waals surface area contributed by atoms with E-state index in [9.17, 15) is 9.18 Å². The van der Waals surface area contributed by atoms with Crippen molar-refractivity contribution in [2.45, 2.75) is 34.1 Å². The van der Waals surface area contributed by atoms with E-state index in [4.69, 9.17) is 4.52 Å². The van der Waals surface area contributed by atoms with Crippen molar-refractivity contribution in [1.82, 2.24) is 10.1 Å². The summed E-state index contributed by atoms with van der Waals surface area (Å²) in [6.45, 7) is 7.20. The molecular formula is C15H17FN2O2. The van der Waals surface area contributed by atoms with Gasteiger partial charge >= 0.3 is 0 Å². The third-order valence-electron chi connectivity index (χ3n) is 3.03. The number of ketones is 1. The van der Waals surface area contributed by atoms with Gasteiger partial charge in [-0.2, -0.15) is 4.98 Å². The number of carbonyl (C=O) groups is 1. The van der Waals surface area contributed by atoms with Gasteiger partial charge in [0.25, 0.3) is 0 Å². The molecule has 0 saturated heterocycles. The molecule has 0 aliphatic carbocycles. The molecule has 1 aromatic heterocycles. The van der Waals surface area contributed by atoms with Crippen molar-refractivity contribution in [3.8, 4) is 11.4 Å². The van der Waals surface area contributed by atoms with Crippen molar-refractivity contribution >= 4 is 5.78 Å². The normalized spacial score (nSPS) is 11.7. The van der Waals surface area contributed by atoms with E-state index in [0.29, 0.717) is 17.0 Å². The van der Waals surface area contributed by atoms with Crippen LogP contribution in [0.2, 0.25) is 0 Å². The molecule has 0 unspecified atom stereocenters. The number of rotatable bonds is 3. The lowest BCUT2D eigenvalue weighted by Gasteiger charge is -2.14. The summed E-state index contributed by atoms with van der Waals surface area (Å²) in [6, 6.07) is 4.60. The quantitative estimate of drug-likeness (QED) is 0.862. The molecule has 2 aromatic rings. The number of halogens is 1. The van der Waals surface area contributed by atoms with E-state index in [0.717, 1.165) is 0 Å². The van der Waals surface area contributed by atoms with E-state index in [1.807, 2.05) is 20.8 Å². The first kappa shape index (κ1) is 14.4. The minimum atomic E-state index is -0.443. The summed E-state index contributed by atoms with van der Waals surface area (Å²) in [5.41, 5.74) is 0.739. The Morgan fingerprint density at radius 1 is 1.35 bits per heavy atom. The monoisotopic (exact) mass is 276 g/mol.